The molecule has 0 aliphatic carbocycles. The molecule has 8 heteroatoms. The Kier molecular flexibility index (Phi) is 6.77. The van der Waals surface area contributed by atoms with E-state index in [1.807, 2.05) is 29.7 Å². The molecular weight excluding hydrogens is 432 g/mol. The fourth-order valence-corrected chi connectivity index (χ4v) is 5.94. The van der Waals surface area contributed by atoms with Crippen LogP contribution in [0.3, 0.4) is 0 Å². The average Bonchev–Trinajstić information content (AvgIpc) is 3.59. The van der Waals surface area contributed by atoms with Crippen LogP contribution in [0.25, 0.3) is 0 Å². The number of nitrogens with zero attached hydrogens (tertiary/aromatic N) is 3. The van der Waals surface area contributed by atoms with Gasteiger partial charge in [-0.3, -0.25) is 9.59 Å². The van der Waals surface area contributed by atoms with Gasteiger partial charge in [-0.05, 0) is 76.5 Å². The molecule has 0 spiro atoms. The first-order valence-electron chi connectivity index (χ1n) is 12.8. The fraction of sp³-hybridized carbons (Fsp3) is 0.654. The predicted octanol–water partition coefficient (Wildman–Crippen LogP) is 3.32. The molecule has 34 heavy (non-hydrogen) atoms. The van der Waals surface area contributed by atoms with E-state index in [1.165, 1.54) is 0 Å². The van der Waals surface area contributed by atoms with Crippen LogP contribution in [-0.2, 0) is 11.2 Å². The van der Waals surface area contributed by atoms with E-state index in [4.69, 9.17) is 8.94 Å². The van der Waals surface area contributed by atoms with E-state index >= 15 is 0 Å². The molecule has 3 aliphatic rings. The first-order valence-corrected chi connectivity index (χ1v) is 12.8. The van der Waals surface area contributed by atoms with Gasteiger partial charge >= 0.3 is 0 Å². The second-order valence-electron chi connectivity index (χ2n) is 10.3. The highest BCUT2D eigenvalue weighted by Gasteiger charge is 2.38. The van der Waals surface area contributed by atoms with Crippen LogP contribution < -0.4 is 5.32 Å². The van der Waals surface area contributed by atoms with Gasteiger partial charge in [-0.25, -0.2) is 0 Å². The number of carbonyl (C=O) groups is 2. The third kappa shape index (κ3) is 4.92. The standard InChI is InChI=1S/C26H36N4O4/c1-17-22(18(2)34-28-17)13-21-8-9-24(33-21)26(32)30-15-19-12-20(16-30)23(27-14-19)6-5-7-25(31)29-10-3-4-11-29/h8-9,19-20,23,27H,3-7,10-16H2,1-2H3/t19-,20+,23+/m0/s1. The molecule has 2 amide bonds. The summed E-state index contributed by atoms with van der Waals surface area (Å²) in [6.07, 6.45) is 6.53. The van der Waals surface area contributed by atoms with Crippen LogP contribution in [-0.4, -0.2) is 65.5 Å². The van der Waals surface area contributed by atoms with Gasteiger partial charge in [0.25, 0.3) is 5.91 Å². The van der Waals surface area contributed by atoms with Crippen LogP contribution in [0.4, 0.5) is 0 Å². The maximum atomic E-state index is 13.3. The lowest BCUT2D eigenvalue weighted by molar-refractivity contribution is -0.130. The number of hydrogen-bond acceptors (Lipinski definition) is 6. The second-order valence-corrected chi connectivity index (χ2v) is 10.3. The van der Waals surface area contributed by atoms with E-state index in [0.717, 1.165) is 87.6 Å². The third-order valence-electron chi connectivity index (χ3n) is 7.86. The van der Waals surface area contributed by atoms with Crippen molar-refractivity contribution in [2.24, 2.45) is 11.8 Å². The van der Waals surface area contributed by atoms with Crippen molar-refractivity contribution >= 4 is 11.8 Å². The molecule has 3 aliphatic heterocycles. The lowest BCUT2D eigenvalue weighted by Gasteiger charge is -2.45. The highest BCUT2D eigenvalue weighted by molar-refractivity contribution is 5.91. The largest absolute Gasteiger partial charge is 0.456 e. The summed E-state index contributed by atoms with van der Waals surface area (Å²) in [7, 11) is 0. The number of nitrogens with one attached hydrogen (secondary N) is 1. The van der Waals surface area contributed by atoms with E-state index in [2.05, 4.69) is 10.5 Å². The number of rotatable bonds is 7. The summed E-state index contributed by atoms with van der Waals surface area (Å²) in [5.74, 6) is 3.12. The number of carbonyl (C=O) groups excluding carboxylic acids is 2. The van der Waals surface area contributed by atoms with Gasteiger partial charge in [0.05, 0.1) is 5.69 Å². The first-order chi connectivity index (χ1) is 16.5. The Labute approximate surface area is 201 Å². The zero-order valence-corrected chi connectivity index (χ0v) is 20.3. The van der Waals surface area contributed by atoms with Crippen molar-refractivity contribution in [3.63, 3.8) is 0 Å². The number of furan rings is 1. The number of fused-ring (bicyclic) bond motifs is 2. The lowest BCUT2D eigenvalue weighted by Crippen LogP contribution is -2.57. The maximum absolute atomic E-state index is 13.3. The molecular formula is C26H36N4O4. The summed E-state index contributed by atoms with van der Waals surface area (Å²) in [6, 6.07) is 4.04. The van der Waals surface area contributed by atoms with Gasteiger partial charge in [0.1, 0.15) is 11.5 Å². The van der Waals surface area contributed by atoms with E-state index in [9.17, 15) is 9.59 Å². The summed E-state index contributed by atoms with van der Waals surface area (Å²) in [5, 5.41) is 7.70. The fourth-order valence-electron chi connectivity index (χ4n) is 5.94. The SMILES string of the molecule is Cc1noc(C)c1Cc1ccc(C(=O)N2C[C@@H]3CN[C@H](CCCC(=O)N4CCCC4)[C@H](C3)C2)o1. The van der Waals surface area contributed by atoms with Crippen LogP contribution >= 0.6 is 0 Å². The molecule has 8 nitrogen and oxygen atoms in total. The van der Waals surface area contributed by atoms with Gasteiger partial charge in [0, 0.05) is 50.6 Å². The zero-order valence-electron chi connectivity index (χ0n) is 20.3. The Morgan fingerprint density at radius 3 is 2.74 bits per heavy atom. The minimum atomic E-state index is -0.0235. The van der Waals surface area contributed by atoms with Gasteiger partial charge < -0.3 is 24.1 Å². The van der Waals surface area contributed by atoms with Crippen molar-refractivity contribution in [3.05, 3.63) is 40.7 Å². The Hall–Kier alpha value is -2.61. The monoisotopic (exact) mass is 468 g/mol. The predicted molar refractivity (Wildman–Crippen MR) is 126 cm³/mol. The van der Waals surface area contributed by atoms with Crippen molar-refractivity contribution < 1.29 is 18.5 Å². The third-order valence-corrected chi connectivity index (χ3v) is 7.86. The molecule has 5 heterocycles. The minimum Gasteiger partial charge on any atom is -0.456 e. The van der Waals surface area contributed by atoms with Crippen LogP contribution in [0, 0.1) is 25.7 Å². The summed E-state index contributed by atoms with van der Waals surface area (Å²) in [5.41, 5.74) is 1.87. The Balaban J connectivity index is 1.16. The molecule has 0 radical (unpaired) electrons. The number of amides is 2. The minimum absolute atomic E-state index is 0.0235. The molecule has 2 aromatic heterocycles. The summed E-state index contributed by atoms with van der Waals surface area (Å²) >= 11 is 0. The average molecular weight is 469 g/mol. The van der Waals surface area contributed by atoms with Crippen molar-refractivity contribution in [2.75, 3.05) is 32.7 Å². The summed E-state index contributed by atoms with van der Waals surface area (Å²) in [4.78, 5) is 29.6. The number of aromatic nitrogens is 1. The molecule has 3 atom stereocenters. The summed E-state index contributed by atoms with van der Waals surface area (Å²) < 4.78 is 11.2. The van der Waals surface area contributed by atoms with Gasteiger partial charge in [0.15, 0.2) is 5.76 Å². The van der Waals surface area contributed by atoms with Crippen LogP contribution in [0.5, 0.6) is 0 Å². The van der Waals surface area contributed by atoms with Crippen molar-refractivity contribution in [1.29, 1.82) is 0 Å². The highest BCUT2D eigenvalue weighted by atomic mass is 16.5. The molecule has 2 aromatic rings. The van der Waals surface area contributed by atoms with Gasteiger partial charge in [0.2, 0.25) is 5.91 Å². The van der Waals surface area contributed by atoms with E-state index in [-0.39, 0.29) is 5.91 Å². The number of likely N-dealkylation sites (tertiary alicyclic amines) is 2. The maximum Gasteiger partial charge on any atom is 0.289 e. The molecule has 5 rings (SSSR count). The molecule has 0 aromatic carbocycles. The molecule has 3 fully saturated rings. The first kappa shape index (κ1) is 23.1. The molecule has 2 bridgehead atoms. The van der Waals surface area contributed by atoms with Gasteiger partial charge in [-0.1, -0.05) is 5.16 Å². The molecule has 0 saturated carbocycles. The summed E-state index contributed by atoms with van der Waals surface area (Å²) in [6.45, 7) is 8.10. The van der Waals surface area contributed by atoms with Crippen molar-refractivity contribution in [2.45, 2.75) is 64.8 Å². The van der Waals surface area contributed by atoms with E-state index < -0.39 is 0 Å². The zero-order chi connectivity index (χ0) is 23.7. The number of hydrogen-bond donors (Lipinski definition) is 1. The molecule has 3 saturated heterocycles. The van der Waals surface area contributed by atoms with Gasteiger partial charge in [-0.15, -0.1) is 0 Å². The van der Waals surface area contributed by atoms with Crippen molar-refractivity contribution in [3.8, 4) is 0 Å². The Bertz CT molecular complexity index is 1000. The van der Waals surface area contributed by atoms with E-state index in [0.29, 0.717) is 42.4 Å². The van der Waals surface area contributed by atoms with Crippen molar-refractivity contribution in [1.82, 2.24) is 20.3 Å². The quantitative estimate of drug-likeness (QED) is 0.670. The molecule has 0 unspecified atom stereocenters. The van der Waals surface area contributed by atoms with Crippen LogP contribution in [0.1, 0.15) is 71.9 Å². The molecule has 1 N–H and O–H groups in total. The van der Waals surface area contributed by atoms with Crippen LogP contribution in [0.2, 0.25) is 0 Å². The van der Waals surface area contributed by atoms with Crippen LogP contribution in [0.15, 0.2) is 21.1 Å². The number of piperidine rings is 2. The second kappa shape index (κ2) is 9.94. The normalized spacial score (nSPS) is 24.6. The topological polar surface area (TPSA) is 91.8 Å². The molecule has 184 valence electrons. The lowest BCUT2D eigenvalue weighted by atomic mass is 9.79. The van der Waals surface area contributed by atoms with Gasteiger partial charge in [-0.2, -0.15) is 0 Å². The highest BCUT2D eigenvalue weighted by Crippen LogP contribution is 2.31. The van der Waals surface area contributed by atoms with E-state index in [1.54, 1.807) is 6.07 Å². The smallest absolute Gasteiger partial charge is 0.289 e. The number of aryl methyl sites for hydroxylation is 2. The Morgan fingerprint density at radius 2 is 1.97 bits per heavy atom. The Morgan fingerprint density at radius 1 is 1.15 bits per heavy atom.